The molecule has 2 bridgehead atoms. The molecule has 3 atom stereocenters. The summed E-state index contributed by atoms with van der Waals surface area (Å²) in [5.74, 6) is -0.702. The number of hydrogen-bond acceptors (Lipinski definition) is 8. The second kappa shape index (κ2) is 12.9. The van der Waals surface area contributed by atoms with Crippen LogP contribution in [-0.4, -0.2) is 72.4 Å². The lowest BCUT2D eigenvalue weighted by atomic mass is 9.86. The van der Waals surface area contributed by atoms with Gasteiger partial charge in [-0.3, -0.25) is 19.1 Å². The summed E-state index contributed by atoms with van der Waals surface area (Å²) >= 11 is 0. The molecule has 0 unspecified atom stereocenters. The van der Waals surface area contributed by atoms with Gasteiger partial charge >= 0.3 is 0 Å². The van der Waals surface area contributed by atoms with Gasteiger partial charge < -0.3 is 15.5 Å². The second-order valence-electron chi connectivity index (χ2n) is 15.3. The number of halogens is 1. The number of nitrogens with zero attached hydrogens (tertiary/aromatic N) is 6. The lowest BCUT2D eigenvalue weighted by molar-refractivity contribution is -0.138. The molecule has 3 aliphatic rings. The predicted molar refractivity (Wildman–Crippen MR) is 188 cm³/mol. The highest BCUT2D eigenvalue weighted by Gasteiger charge is 2.66. The maximum atomic E-state index is 14.5. The quantitative estimate of drug-likeness (QED) is 0.211. The first-order valence-corrected chi connectivity index (χ1v) is 17.6. The Morgan fingerprint density at radius 2 is 1.80 bits per heavy atom. The zero-order valence-electron chi connectivity index (χ0n) is 29.5. The first-order valence-electron chi connectivity index (χ1n) is 17.6. The number of rotatable bonds is 4. The third-order valence-corrected chi connectivity index (χ3v) is 10.8. The van der Waals surface area contributed by atoms with E-state index in [-0.39, 0.29) is 46.8 Å². The number of pyridine rings is 1. The number of piperidine rings is 1. The summed E-state index contributed by atoms with van der Waals surface area (Å²) < 4.78 is 15.7. The Hall–Kier alpha value is -4.58. The number of amides is 2. The molecule has 1 saturated carbocycles. The fourth-order valence-corrected chi connectivity index (χ4v) is 8.02. The number of aryl methyl sites for hydroxylation is 3. The number of carbonyl (C=O) groups excluding carboxylic acids is 3. The molecular weight excluding hydrogens is 635 g/mol. The average Bonchev–Trinajstić information content (AvgIpc) is 3.46. The number of hydrogen-bond donors (Lipinski definition) is 2. The average molecular weight is 681 g/mol. The third-order valence-electron chi connectivity index (χ3n) is 10.8. The predicted octanol–water partition coefficient (Wildman–Crippen LogP) is 5.58. The van der Waals surface area contributed by atoms with Crippen molar-refractivity contribution in [1.29, 1.82) is 0 Å². The highest BCUT2D eigenvalue weighted by molar-refractivity contribution is 6.07. The first-order chi connectivity index (χ1) is 23.8. The van der Waals surface area contributed by atoms with Crippen LogP contribution in [0, 0.1) is 30.6 Å². The van der Waals surface area contributed by atoms with Crippen LogP contribution in [0.25, 0.3) is 22.0 Å². The van der Waals surface area contributed by atoms with Crippen molar-refractivity contribution in [3.05, 3.63) is 65.3 Å². The van der Waals surface area contributed by atoms with Gasteiger partial charge in [-0.1, -0.05) is 32.8 Å². The van der Waals surface area contributed by atoms with Crippen molar-refractivity contribution >= 4 is 34.3 Å². The SMILES string of the molecule is CC(=O)c1nn2c3c(cc(-c4cnc(C)nc4)cc13)CCCCCC(C)(C)CNC[C@@]13C[C@@H](C(=O)Nc4nc(F)ccc4C)N(C(=O)C2)[C@@H]1C3. The standard InChI is InChI=1S/C38H45FN8O3/c1-22-10-11-31(39)43-35(22)44-36(50)29-15-38-16-30(38)47(29)32(49)19-46-34-25(9-7-6-8-12-37(4,5)20-40-21-38)13-26(27-17-41-24(3)42-18-27)14-28(34)33(45-46)23(2)48/h10-11,13-14,17-18,29-30,40H,6-9,12,15-16,19-21H2,1-5H3,(H,43,44,50)/t29-,30+,38-/m0/s1. The minimum absolute atomic E-state index is 0.0775. The molecule has 1 aliphatic carbocycles. The molecule has 1 saturated heterocycles. The Labute approximate surface area is 291 Å². The van der Waals surface area contributed by atoms with E-state index in [9.17, 15) is 18.8 Å². The van der Waals surface area contributed by atoms with Crippen molar-refractivity contribution < 1.29 is 18.8 Å². The summed E-state index contributed by atoms with van der Waals surface area (Å²) in [5, 5.41) is 12.0. The lowest BCUT2D eigenvalue weighted by Gasteiger charge is -2.27. The summed E-state index contributed by atoms with van der Waals surface area (Å²) in [6.07, 6.45) is 9.72. The van der Waals surface area contributed by atoms with E-state index in [4.69, 9.17) is 5.10 Å². The maximum absolute atomic E-state index is 14.5. The molecule has 3 aromatic heterocycles. The fraction of sp³-hybridized carbons (Fsp3) is 0.500. The molecule has 0 radical (unpaired) electrons. The van der Waals surface area contributed by atoms with Crippen LogP contribution in [0.3, 0.4) is 0 Å². The summed E-state index contributed by atoms with van der Waals surface area (Å²) in [5.41, 5.74) is 4.25. The fourth-order valence-electron chi connectivity index (χ4n) is 8.02. The molecule has 0 spiro atoms. The number of nitrogens with one attached hydrogen (secondary N) is 2. The van der Waals surface area contributed by atoms with Gasteiger partial charge in [0.25, 0.3) is 0 Å². The van der Waals surface area contributed by atoms with Gasteiger partial charge in [-0.25, -0.2) is 15.0 Å². The van der Waals surface area contributed by atoms with E-state index in [1.54, 1.807) is 35.0 Å². The molecule has 2 fully saturated rings. The van der Waals surface area contributed by atoms with Crippen molar-refractivity contribution in [3.8, 4) is 11.1 Å². The minimum Gasteiger partial charge on any atom is -0.325 e. The topological polar surface area (TPSA) is 135 Å². The first kappa shape index (κ1) is 33.9. The smallest absolute Gasteiger partial charge is 0.248 e. The number of carbonyl (C=O) groups is 3. The minimum atomic E-state index is -0.763. The largest absolute Gasteiger partial charge is 0.325 e. The molecule has 7 rings (SSSR count). The van der Waals surface area contributed by atoms with E-state index in [1.165, 1.54) is 13.0 Å². The number of anilines is 1. The molecular formula is C38H45FN8O3. The second-order valence-corrected chi connectivity index (χ2v) is 15.3. The molecule has 1 aromatic carbocycles. The van der Waals surface area contributed by atoms with Gasteiger partial charge in [0.2, 0.25) is 17.8 Å². The van der Waals surface area contributed by atoms with Gasteiger partial charge in [0.1, 0.15) is 29.9 Å². The Morgan fingerprint density at radius 3 is 2.56 bits per heavy atom. The monoisotopic (exact) mass is 680 g/mol. The summed E-state index contributed by atoms with van der Waals surface area (Å²) in [7, 11) is 0. The third kappa shape index (κ3) is 6.53. The number of benzene rings is 1. The van der Waals surface area contributed by atoms with Crippen molar-refractivity contribution in [2.45, 2.75) is 98.2 Å². The van der Waals surface area contributed by atoms with Crippen molar-refractivity contribution in [2.75, 3.05) is 18.4 Å². The molecule has 12 heteroatoms. The van der Waals surface area contributed by atoms with E-state index in [0.29, 0.717) is 35.4 Å². The zero-order chi connectivity index (χ0) is 35.4. The van der Waals surface area contributed by atoms with E-state index < -0.39 is 12.0 Å². The molecule has 2 N–H and O–H groups in total. The van der Waals surface area contributed by atoms with Gasteiger partial charge in [0.05, 0.1) is 5.52 Å². The summed E-state index contributed by atoms with van der Waals surface area (Å²) in [6.45, 7) is 11.0. The Morgan fingerprint density at radius 1 is 1.02 bits per heavy atom. The zero-order valence-corrected chi connectivity index (χ0v) is 29.5. The highest BCUT2D eigenvalue weighted by atomic mass is 19.1. The van der Waals surface area contributed by atoms with Crippen LogP contribution in [-0.2, 0) is 22.6 Å². The lowest BCUT2D eigenvalue weighted by Crippen LogP contribution is -2.47. The normalized spacial score (nSPS) is 23.7. The molecule has 50 heavy (non-hydrogen) atoms. The van der Waals surface area contributed by atoms with Gasteiger partial charge in [0, 0.05) is 54.8 Å². The molecule has 5 heterocycles. The van der Waals surface area contributed by atoms with Crippen molar-refractivity contribution in [1.82, 2.24) is 34.9 Å². The van der Waals surface area contributed by atoms with Crippen LogP contribution < -0.4 is 10.6 Å². The Balaban J connectivity index is 1.29. The van der Waals surface area contributed by atoms with Crippen LogP contribution in [0.2, 0.25) is 0 Å². The summed E-state index contributed by atoms with van der Waals surface area (Å²) in [6, 6.07) is 5.99. The van der Waals surface area contributed by atoms with Crippen LogP contribution in [0.15, 0.2) is 36.7 Å². The van der Waals surface area contributed by atoms with E-state index in [2.05, 4.69) is 45.5 Å². The molecule has 2 aliphatic heterocycles. The van der Waals surface area contributed by atoms with Gasteiger partial charge in [-0.2, -0.15) is 9.49 Å². The molecule has 262 valence electrons. The maximum Gasteiger partial charge on any atom is 0.248 e. The molecule has 11 nitrogen and oxygen atoms in total. The van der Waals surface area contributed by atoms with Crippen LogP contribution in [0.5, 0.6) is 0 Å². The molecule has 2 amide bonds. The van der Waals surface area contributed by atoms with E-state index in [1.807, 2.05) is 13.0 Å². The van der Waals surface area contributed by atoms with Crippen molar-refractivity contribution in [2.24, 2.45) is 10.8 Å². The van der Waals surface area contributed by atoms with Crippen LogP contribution >= 0.6 is 0 Å². The van der Waals surface area contributed by atoms with Crippen LogP contribution in [0.4, 0.5) is 10.2 Å². The number of aromatic nitrogens is 5. The summed E-state index contributed by atoms with van der Waals surface area (Å²) in [4.78, 5) is 55.8. The Kier molecular flexibility index (Phi) is 8.78. The number of ketones is 1. The van der Waals surface area contributed by atoms with Gasteiger partial charge in [-0.05, 0) is 86.3 Å². The Bertz CT molecular complexity index is 1990. The van der Waals surface area contributed by atoms with Gasteiger partial charge in [0.15, 0.2) is 5.78 Å². The van der Waals surface area contributed by atoms with Gasteiger partial charge in [-0.15, -0.1) is 0 Å². The van der Waals surface area contributed by atoms with Crippen molar-refractivity contribution in [3.63, 3.8) is 0 Å². The highest BCUT2D eigenvalue weighted by Crippen LogP contribution is 2.59. The van der Waals surface area contributed by atoms with E-state index >= 15 is 0 Å². The van der Waals surface area contributed by atoms with E-state index in [0.717, 1.165) is 67.3 Å². The molecule has 4 aromatic rings. The van der Waals surface area contributed by atoms with Crippen LogP contribution in [0.1, 0.15) is 86.7 Å². The number of Topliss-reactive ketones (excluding diaryl/α,β-unsaturated/α-hetero) is 1.